The average molecular weight is 853 g/mol. The number of methoxy groups -OCH3 is 6. The van der Waals surface area contributed by atoms with Crippen molar-refractivity contribution in [2.24, 2.45) is 33.7 Å². The number of esters is 3. The third-order valence-electron chi connectivity index (χ3n) is 14.7. The molecule has 8 rings (SSSR count). The van der Waals surface area contributed by atoms with Gasteiger partial charge < -0.3 is 33.2 Å². The molecule has 4 fully saturated rings. The van der Waals surface area contributed by atoms with Gasteiger partial charge in [0.05, 0.1) is 106 Å². The molecule has 0 unspecified atom stereocenters. The third-order valence-corrected chi connectivity index (χ3v) is 14.7. The number of benzene rings is 2. The summed E-state index contributed by atoms with van der Waals surface area (Å²) in [7, 11) is 9.25. The molecule has 332 valence electrons. The zero-order chi connectivity index (χ0) is 44.1. The number of rotatable bonds is 12. The highest BCUT2D eigenvalue weighted by Gasteiger charge is 2.60. The number of carbonyl (C=O) groups excluding carboxylic acids is 3. The number of carbonyl (C=O) groups is 3. The van der Waals surface area contributed by atoms with Gasteiger partial charge in [0.25, 0.3) is 0 Å². The molecule has 6 aliphatic rings. The van der Waals surface area contributed by atoms with Gasteiger partial charge >= 0.3 is 17.9 Å². The summed E-state index contributed by atoms with van der Waals surface area (Å²) in [5, 5.41) is 0. The summed E-state index contributed by atoms with van der Waals surface area (Å²) in [4.78, 5) is 55.7. The lowest BCUT2D eigenvalue weighted by Gasteiger charge is -2.52. The Balaban J connectivity index is 1.29. The molecule has 0 saturated carbocycles. The average Bonchev–Trinajstić information content (AvgIpc) is 3.82. The fourth-order valence-electron chi connectivity index (χ4n) is 12.1. The van der Waals surface area contributed by atoms with Crippen LogP contribution in [0.4, 0.5) is 11.4 Å². The van der Waals surface area contributed by atoms with E-state index in [4.69, 9.17) is 43.1 Å². The van der Waals surface area contributed by atoms with E-state index in [9.17, 15) is 14.4 Å². The van der Waals surface area contributed by atoms with Gasteiger partial charge in [0.15, 0.2) is 5.60 Å². The fraction of sp³-hybridized carbons (Fsp3) is 0.562. The van der Waals surface area contributed by atoms with Crippen LogP contribution in [0.5, 0.6) is 11.5 Å². The lowest BCUT2D eigenvalue weighted by molar-refractivity contribution is -0.154. The largest absolute Gasteiger partial charge is 0.504 e. The molecule has 0 bridgehead atoms. The SMILES string of the molecule is CC[C@@H]1CN2CC[C@@]3(c4cc5c(c(OC)c4)[C@@]4(OC(C)=O)CCN6C[C@@H](CC)[C@@H](/C(=C\OC)C(=O)OC)C[C@H]6C4=N5)C(=Nc4cccc(OC)c43)[C@@H]2C[C@@H]1/C(=C\OC)C(=O)OC. The van der Waals surface area contributed by atoms with E-state index >= 15 is 0 Å². The predicted octanol–water partition coefficient (Wildman–Crippen LogP) is 6.57. The van der Waals surface area contributed by atoms with Crippen LogP contribution >= 0.6 is 0 Å². The van der Waals surface area contributed by atoms with E-state index < -0.39 is 23.0 Å². The topological polar surface area (TPSA) is 147 Å². The minimum absolute atomic E-state index is 0.123. The third kappa shape index (κ3) is 6.70. The van der Waals surface area contributed by atoms with Gasteiger partial charge in [0.2, 0.25) is 0 Å². The van der Waals surface area contributed by atoms with Crippen molar-refractivity contribution in [1.29, 1.82) is 0 Å². The standard InChI is InChI=1S/C48H60N4O10/c1-10-28-23-51-17-15-47(41-35(13-12-14-39(41)58-6)49-43(47)37(51)21-31(28)33(25-56-4)45(54)60-8)30-19-36-42(40(20-30)59-7)48(62-27(3)53)16-18-52-24-29(11-2)32(22-38(52)44(48)50-36)34(26-57-5)46(55)61-9/h12-14,19-20,25-26,28-29,31-32,37-38H,10-11,15-18,21-24H2,1-9H3/b33-25+,34-26+/t28-,29-,31+,32+,37+,38+,47+,48+/m1/s1. The molecule has 2 aromatic carbocycles. The van der Waals surface area contributed by atoms with Crippen molar-refractivity contribution in [3.8, 4) is 11.5 Å². The van der Waals surface area contributed by atoms with E-state index in [2.05, 4.69) is 35.8 Å². The van der Waals surface area contributed by atoms with Gasteiger partial charge in [0, 0.05) is 51.1 Å². The Hall–Kier alpha value is -5.21. The van der Waals surface area contributed by atoms with Gasteiger partial charge in [-0.3, -0.25) is 24.6 Å². The quantitative estimate of drug-likeness (QED) is 0.0986. The molecule has 8 atom stereocenters. The zero-order valence-electron chi connectivity index (χ0n) is 37.4. The Labute approximate surface area is 364 Å². The maximum absolute atomic E-state index is 13.3. The van der Waals surface area contributed by atoms with Crippen molar-refractivity contribution in [2.45, 2.75) is 82.4 Å². The monoisotopic (exact) mass is 852 g/mol. The van der Waals surface area contributed by atoms with Crippen LogP contribution < -0.4 is 9.47 Å². The van der Waals surface area contributed by atoms with Crippen molar-refractivity contribution in [2.75, 3.05) is 68.8 Å². The van der Waals surface area contributed by atoms with Gasteiger partial charge in [-0.15, -0.1) is 0 Å². The first-order valence-corrected chi connectivity index (χ1v) is 21.9. The van der Waals surface area contributed by atoms with Gasteiger partial charge in [0.1, 0.15) is 11.5 Å². The molecule has 0 amide bonds. The molecule has 0 aliphatic carbocycles. The Kier molecular flexibility index (Phi) is 12.0. The minimum atomic E-state index is -1.18. The number of hydrogen-bond donors (Lipinski definition) is 0. The van der Waals surface area contributed by atoms with Crippen molar-refractivity contribution in [3.05, 3.63) is 70.7 Å². The van der Waals surface area contributed by atoms with Crippen LogP contribution in [0.3, 0.4) is 0 Å². The van der Waals surface area contributed by atoms with Gasteiger partial charge in [-0.05, 0) is 72.8 Å². The van der Waals surface area contributed by atoms with Crippen LogP contribution in [-0.4, -0.2) is 120 Å². The first-order valence-electron chi connectivity index (χ1n) is 21.9. The molecular formula is C48H60N4O10. The molecular weight excluding hydrogens is 793 g/mol. The molecule has 0 N–H and O–H groups in total. The molecule has 0 aromatic heterocycles. The van der Waals surface area contributed by atoms with E-state index in [1.54, 1.807) is 27.6 Å². The summed E-state index contributed by atoms with van der Waals surface area (Å²) < 4.78 is 40.5. The smallest absolute Gasteiger partial charge is 0.337 e. The summed E-state index contributed by atoms with van der Waals surface area (Å²) in [6.45, 7) is 8.69. The van der Waals surface area contributed by atoms with Crippen LogP contribution in [0.15, 0.2) is 64.0 Å². The Morgan fingerprint density at radius 3 is 1.82 bits per heavy atom. The lowest BCUT2D eigenvalue weighted by Crippen LogP contribution is -2.61. The van der Waals surface area contributed by atoms with Crippen molar-refractivity contribution in [1.82, 2.24) is 9.80 Å². The van der Waals surface area contributed by atoms with Gasteiger partial charge in [-0.2, -0.15) is 0 Å². The number of hydrogen-bond acceptors (Lipinski definition) is 14. The number of fused-ring (bicyclic) bond motifs is 10. The maximum Gasteiger partial charge on any atom is 0.337 e. The van der Waals surface area contributed by atoms with E-state index in [0.29, 0.717) is 54.8 Å². The molecule has 0 radical (unpaired) electrons. The molecule has 6 aliphatic heterocycles. The summed E-state index contributed by atoms with van der Waals surface area (Å²) in [5.41, 5.74) is 4.98. The fourth-order valence-corrected chi connectivity index (χ4v) is 12.1. The molecule has 4 saturated heterocycles. The molecule has 62 heavy (non-hydrogen) atoms. The van der Waals surface area contributed by atoms with Gasteiger partial charge in [-0.1, -0.05) is 32.8 Å². The molecule has 0 spiro atoms. The van der Waals surface area contributed by atoms with Crippen LogP contribution in [0.1, 0.15) is 76.0 Å². The number of piperidine rings is 4. The van der Waals surface area contributed by atoms with Crippen molar-refractivity contribution in [3.63, 3.8) is 0 Å². The summed E-state index contributed by atoms with van der Waals surface area (Å²) in [5.74, 6) is 0.142. The Bertz CT molecular complexity index is 2250. The van der Waals surface area contributed by atoms with E-state index in [-0.39, 0.29) is 41.7 Å². The van der Waals surface area contributed by atoms with Crippen LogP contribution in [0, 0.1) is 23.7 Å². The van der Waals surface area contributed by atoms with E-state index in [1.165, 1.54) is 34.5 Å². The molecule has 6 heterocycles. The normalized spacial score (nSPS) is 30.2. The van der Waals surface area contributed by atoms with Gasteiger partial charge in [-0.25, -0.2) is 9.59 Å². The minimum Gasteiger partial charge on any atom is -0.504 e. The van der Waals surface area contributed by atoms with Crippen LogP contribution in [0.25, 0.3) is 0 Å². The highest BCUT2D eigenvalue weighted by atomic mass is 16.6. The molecule has 14 heteroatoms. The molecule has 14 nitrogen and oxygen atoms in total. The Morgan fingerprint density at radius 1 is 0.726 bits per heavy atom. The lowest BCUT2D eigenvalue weighted by atomic mass is 9.62. The highest BCUT2D eigenvalue weighted by molar-refractivity contribution is 6.11. The second-order valence-corrected chi connectivity index (χ2v) is 17.4. The van der Waals surface area contributed by atoms with Crippen molar-refractivity contribution >= 4 is 40.7 Å². The number of aliphatic imine (C=N–C) groups is 2. The second kappa shape index (κ2) is 17.2. The first-order chi connectivity index (χ1) is 30.0. The zero-order valence-corrected chi connectivity index (χ0v) is 37.4. The van der Waals surface area contributed by atoms with Crippen LogP contribution in [-0.2, 0) is 49.1 Å². The Morgan fingerprint density at radius 2 is 1.29 bits per heavy atom. The number of ether oxygens (including phenoxy) is 7. The second-order valence-electron chi connectivity index (χ2n) is 17.4. The van der Waals surface area contributed by atoms with E-state index in [0.717, 1.165) is 72.0 Å². The summed E-state index contributed by atoms with van der Waals surface area (Å²) >= 11 is 0. The number of nitrogens with zero attached hydrogens (tertiary/aromatic N) is 4. The molecule has 2 aromatic rings. The summed E-state index contributed by atoms with van der Waals surface area (Å²) in [6, 6.07) is 9.87. The van der Waals surface area contributed by atoms with Crippen molar-refractivity contribution < 1.29 is 47.5 Å². The summed E-state index contributed by atoms with van der Waals surface area (Å²) in [6.07, 6.45) is 7.19. The first kappa shape index (κ1) is 43.4. The van der Waals surface area contributed by atoms with Crippen LogP contribution in [0.2, 0.25) is 0 Å². The van der Waals surface area contributed by atoms with E-state index in [1.807, 2.05) is 18.2 Å². The maximum atomic E-state index is 13.3. The predicted molar refractivity (Wildman–Crippen MR) is 232 cm³/mol. The highest BCUT2D eigenvalue weighted by Crippen LogP contribution is 2.60.